The molecule has 3 aliphatic rings. The maximum Gasteiger partial charge on any atom is 0.509 e. The second-order valence-electron chi connectivity index (χ2n) is 10.3. The Morgan fingerprint density at radius 3 is 2.08 bits per heavy atom. The number of piperidine rings is 3. The van der Waals surface area contributed by atoms with Gasteiger partial charge in [-0.2, -0.15) is 0 Å². The van der Waals surface area contributed by atoms with Crippen LogP contribution in [0, 0.1) is 24.5 Å². The average molecular weight is 507 g/mol. The highest BCUT2D eigenvalue weighted by Crippen LogP contribution is 2.37. The van der Waals surface area contributed by atoms with E-state index in [0.717, 1.165) is 31.5 Å². The van der Waals surface area contributed by atoms with Crippen LogP contribution in [0.5, 0.6) is 0 Å². The molecule has 0 N–H and O–H groups in total. The van der Waals surface area contributed by atoms with Crippen LogP contribution < -0.4 is 0 Å². The standard InChI is InChI=1S/C30H30F2NO4/c1-20-8-10-21(11-9-20)27(34)18-33-14-12-22(13-15-33)28(19-33)36-30(35)37-29(23-4-2-6-25(31)16-23)24-5-3-7-26(32)17-24/h2-11,16-17,22,28-29H,12-15,18-19H2,1H3/q+1/t22?,28-,33?/m0/s1. The molecule has 7 heteroatoms. The number of rotatable bonds is 7. The molecule has 3 heterocycles. The van der Waals surface area contributed by atoms with Gasteiger partial charge >= 0.3 is 6.16 Å². The fourth-order valence-electron chi connectivity index (χ4n) is 5.63. The quantitative estimate of drug-likeness (QED) is 0.224. The zero-order chi connectivity index (χ0) is 26.0. The number of hydrogen-bond donors (Lipinski definition) is 0. The lowest BCUT2D eigenvalue weighted by molar-refractivity contribution is -0.938. The first-order valence-corrected chi connectivity index (χ1v) is 12.6. The molecule has 3 fully saturated rings. The zero-order valence-electron chi connectivity index (χ0n) is 20.7. The molecule has 6 rings (SSSR count). The van der Waals surface area contributed by atoms with Crippen LogP contribution in [0.1, 0.15) is 46.0 Å². The topological polar surface area (TPSA) is 52.6 Å². The van der Waals surface area contributed by atoms with E-state index in [1.54, 1.807) is 12.1 Å². The highest BCUT2D eigenvalue weighted by atomic mass is 19.1. The van der Waals surface area contributed by atoms with Gasteiger partial charge in [0.2, 0.25) is 5.78 Å². The second-order valence-corrected chi connectivity index (χ2v) is 10.3. The van der Waals surface area contributed by atoms with Crippen LogP contribution in [-0.4, -0.2) is 48.7 Å². The van der Waals surface area contributed by atoms with Gasteiger partial charge in [-0.25, -0.2) is 13.6 Å². The summed E-state index contributed by atoms with van der Waals surface area (Å²) < 4.78 is 40.0. The molecule has 1 atom stereocenters. The van der Waals surface area contributed by atoms with Crippen molar-refractivity contribution in [2.24, 2.45) is 5.92 Å². The van der Waals surface area contributed by atoms with Gasteiger partial charge in [0.25, 0.3) is 0 Å². The number of halogens is 2. The van der Waals surface area contributed by atoms with Crippen molar-refractivity contribution in [2.75, 3.05) is 26.2 Å². The molecular formula is C30H30F2NO4+. The van der Waals surface area contributed by atoms with Gasteiger partial charge in [-0.05, 0) is 31.2 Å². The summed E-state index contributed by atoms with van der Waals surface area (Å²) in [5.41, 5.74) is 2.55. The summed E-state index contributed by atoms with van der Waals surface area (Å²) in [6.07, 6.45) is -0.583. The maximum atomic E-state index is 13.9. The van der Waals surface area contributed by atoms with Gasteiger partial charge in [0.05, 0.1) is 13.1 Å². The molecule has 2 bridgehead atoms. The Hall–Kier alpha value is -3.58. The van der Waals surface area contributed by atoms with Gasteiger partial charge in [-0.3, -0.25) is 4.79 Å². The summed E-state index contributed by atoms with van der Waals surface area (Å²) in [6.45, 7) is 4.63. The van der Waals surface area contributed by atoms with E-state index in [2.05, 4.69) is 0 Å². The molecule has 0 aromatic heterocycles. The number of benzene rings is 3. The second kappa shape index (κ2) is 10.4. The smallest absolute Gasteiger partial charge is 0.425 e. The molecule has 0 spiro atoms. The number of carbonyl (C=O) groups is 2. The number of carbonyl (C=O) groups excluding carboxylic acids is 2. The lowest BCUT2D eigenvalue weighted by atomic mass is 9.83. The lowest BCUT2D eigenvalue weighted by Gasteiger charge is -2.51. The molecule has 3 aromatic carbocycles. The van der Waals surface area contributed by atoms with E-state index in [4.69, 9.17) is 9.47 Å². The van der Waals surface area contributed by atoms with Crippen LogP contribution in [0.15, 0.2) is 72.8 Å². The van der Waals surface area contributed by atoms with Crippen LogP contribution in [0.25, 0.3) is 0 Å². The molecule has 0 amide bonds. The van der Waals surface area contributed by atoms with Gasteiger partial charge in [0, 0.05) is 35.4 Å². The molecule has 0 radical (unpaired) electrons. The average Bonchev–Trinajstić information content (AvgIpc) is 2.88. The first-order valence-electron chi connectivity index (χ1n) is 12.6. The van der Waals surface area contributed by atoms with Crippen molar-refractivity contribution in [3.05, 3.63) is 107 Å². The van der Waals surface area contributed by atoms with E-state index < -0.39 is 23.9 Å². The van der Waals surface area contributed by atoms with Crippen LogP contribution in [0.4, 0.5) is 13.6 Å². The van der Waals surface area contributed by atoms with Crippen LogP contribution in [0.2, 0.25) is 0 Å². The van der Waals surface area contributed by atoms with Crippen LogP contribution in [-0.2, 0) is 9.47 Å². The molecule has 3 aliphatic heterocycles. The van der Waals surface area contributed by atoms with Gasteiger partial charge in [-0.15, -0.1) is 0 Å². The number of aryl methyl sites for hydroxylation is 1. The van der Waals surface area contributed by atoms with E-state index in [1.165, 1.54) is 36.4 Å². The number of fused-ring (bicyclic) bond motifs is 3. The molecule has 5 nitrogen and oxygen atoms in total. The minimum atomic E-state index is -1.02. The van der Waals surface area contributed by atoms with Crippen molar-refractivity contribution in [3.63, 3.8) is 0 Å². The lowest BCUT2D eigenvalue weighted by Crippen LogP contribution is -2.65. The van der Waals surface area contributed by atoms with Crippen molar-refractivity contribution in [1.29, 1.82) is 0 Å². The third-order valence-electron chi connectivity index (χ3n) is 7.66. The monoisotopic (exact) mass is 506 g/mol. The van der Waals surface area contributed by atoms with Gasteiger partial charge < -0.3 is 14.0 Å². The Balaban J connectivity index is 1.29. The predicted octanol–water partition coefficient (Wildman–Crippen LogP) is 6.01. The summed E-state index contributed by atoms with van der Waals surface area (Å²) in [5, 5.41) is 0. The number of Topliss-reactive ketones (excluding diaryl/α,β-unsaturated/α-hetero) is 1. The maximum absolute atomic E-state index is 13.9. The molecule has 3 aromatic rings. The van der Waals surface area contributed by atoms with Crippen molar-refractivity contribution in [2.45, 2.75) is 32.0 Å². The Kier molecular flexibility index (Phi) is 7.07. The Morgan fingerprint density at radius 1 is 0.919 bits per heavy atom. The Morgan fingerprint density at radius 2 is 1.51 bits per heavy atom. The normalized spacial score (nSPS) is 22.6. The summed E-state index contributed by atoms with van der Waals surface area (Å²) in [6, 6.07) is 19.0. The summed E-state index contributed by atoms with van der Waals surface area (Å²) in [4.78, 5) is 26.0. The number of ether oxygens (including phenoxy) is 2. The fraction of sp³-hybridized carbons (Fsp3) is 0.333. The summed E-state index contributed by atoms with van der Waals surface area (Å²) >= 11 is 0. The van der Waals surface area contributed by atoms with Gasteiger partial charge in [0.15, 0.2) is 12.2 Å². The van der Waals surface area contributed by atoms with E-state index in [0.29, 0.717) is 34.3 Å². The first kappa shape index (κ1) is 25.1. The predicted molar refractivity (Wildman–Crippen MR) is 134 cm³/mol. The number of ketones is 1. The Bertz CT molecular complexity index is 1240. The van der Waals surface area contributed by atoms with E-state index in [1.807, 2.05) is 31.2 Å². The minimum Gasteiger partial charge on any atom is -0.425 e. The highest BCUT2D eigenvalue weighted by molar-refractivity contribution is 5.97. The van der Waals surface area contributed by atoms with E-state index in [9.17, 15) is 18.4 Å². The molecule has 192 valence electrons. The first-order chi connectivity index (χ1) is 17.8. The third-order valence-corrected chi connectivity index (χ3v) is 7.66. The van der Waals surface area contributed by atoms with Crippen LogP contribution >= 0.6 is 0 Å². The van der Waals surface area contributed by atoms with Crippen molar-refractivity contribution >= 4 is 11.9 Å². The minimum absolute atomic E-state index is 0.0824. The van der Waals surface area contributed by atoms with Crippen molar-refractivity contribution < 1.29 is 32.3 Å². The molecule has 3 saturated heterocycles. The molecule has 0 saturated carbocycles. The highest BCUT2D eigenvalue weighted by Gasteiger charge is 2.49. The third kappa shape index (κ3) is 5.72. The molecule has 0 aliphatic carbocycles. The molecular weight excluding hydrogens is 476 g/mol. The van der Waals surface area contributed by atoms with Crippen molar-refractivity contribution in [3.8, 4) is 0 Å². The Labute approximate surface area is 215 Å². The van der Waals surface area contributed by atoms with Crippen LogP contribution in [0.3, 0.4) is 0 Å². The summed E-state index contributed by atoms with van der Waals surface area (Å²) in [7, 11) is 0. The fourth-order valence-corrected chi connectivity index (χ4v) is 5.63. The van der Waals surface area contributed by atoms with E-state index in [-0.39, 0.29) is 17.8 Å². The molecule has 0 unspecified atom stereocenters. The summed E-state index contributed by atoms with van der Waals surface area (Å²) in [5.74, 6) is -0.696. The largest absolute Gasteiger partial charge is 0.509 e. The van der Waals surface area contributed by atoms with Gasteiger partial charge in [-0.1, -0.05) is 54.1 Å². The number of nitrogens with zero attached hydrogens (tertiary/aromatic N) is 1. The molecule has 37 heavy (non-hydrogen) atoms. The number of hydrogen-bond acceptors (Lipinski definition) is 4. The SMILES string of the molecule is Cc1ccc(C(=O)C[N+]23CCC(CC2)[C@@H](OC(=O)OC(c2cccc(F)c2)c2cccc(F)c2)C3)cc1. The zero-order valence-corrected chi connectivity index (χ0v) is 20.7. The van der Waals surface area contributed by atoms with E-state index >= 15 is 0 Å². The van der Waals surface area contributed by atoms with Gasteiger partial charge in [0.1, 0.15) is 24.7 Å². The number of quaternary nitrogens is 1. The van der Waals surface area contributed by atoms with Crippen molar-refractivity contribution in [1.82, 2.24) is 0 Å².